The van der Waals surface area contributed by atoms with E-state index >= 15 is 0 Å². The van der Waals surface area contributed by atoms with Crippen molar-refractivity contribution in [3.05, 3.63) is 21.9 Å². The zero-order valence-corrected chi connectivity index (χ0v) is 12.7. The quantitative estimate of drug-likeness (QED) is 0.781. The minimum atomic E-state index is -3.42. The summed E-state index contributed by atoms with van der Waals surface area (Å²) < 4.78 is 29.7. The lowest BCUT2D eigenvalue weighted by molar-refractivity contribution is 0.102. The summed E-state index contributed by atoms with van der Waals surface area (Å²) in [5.41, 5.74) is 0. The van der Waals surface area contributed by atoms with Gasteiger partial charge in [0.2, 0.25) is 0 Å². The number of sulfone groups is 1. The smallest absolute Gasteiger partial charge is 0.187 e. The van der Waals surface area contributed by atoms with E-state index in [1.807, 2.05) is 13.0 Å². The zero-order chi connectivity index (χ0) is 14.0. The third kappa shape index (κ3) is 3.24. The van der Waals surface area contributed by atoms with E-state index in [9.17, 15) is 13.2 Å². The highest BCUT2D eigenvalue weighted by Crippen LogP contribution is 2.24. The highest BCUT2D eigenvalue weighted by molar-refractivity contribution is 7.92. The first kappa shape index (κ1) is 14.7. The van der Waals surface area contributed by atoms with Crippen molar-refractivity contribution in [2.24, 2.45) is 0 Å². The van der Waals surface area contributed by atoms with Crippen molar-refractivity contribution >= 4 is 27.0 Å². The van der Waals surface area contributed by atoms with E-state index in [0.29, 0.717) is 17.9 Å². The Morgan fingerprint density at radius 3 is 2.74 bits per heavy atom. The molecule has 2 heterocycles. The van der Waals surface area contributed by atoms with Crippen LogP contribution in [-0.2, 0) is 21.0 Å². The van der Waals surface area contributed by atoms with Crippen LogP contribution in [0.25, 0.3) is 0 Å². The van der Waals surface area contributed by atoms with Crippen LogP contribution in [-0.4, -0.2) is 37.9 Å². The highest BCUT2D eigenvalue weighted by atomic mass is 32.2. The van der Waals surface area contributed by atoms with Gasteiger partial charge in [-0.25, -0.2) is 8.42 Å². The lowest BCUT2D eigenvalue weighted by atomic mass is 10.3. The predicted molar refractivity (Wildman–Crippen MR) is 75.6 cm³/mol. The summed E-state index contributed by atoms with van der Waals surface area (Å²) in [7, 11) is -3.42. The van der Waals surface area contributed by atoms with E-state index in [1.54, 1.807) is 13.0 Å². The Hall–Kier alpha value is -0.720. The van der Waals surface area contributed by atoms with E-state index < -0.39 is 20.8 Å². The topological polar surface area (TPSA) is 60.4 Å². The number of hydrogen-bond acceptors (Lipinski definition) is 5. The molecule has 1 aromatic heterocycles. The average Bonchev–Trinajstić information content (AvgIpc) is 2.96. The largest absolute Gasteiger partial charge is 0.377 e. The van der Waals surface area contributed by atoms with Crippen molar-refractivity contribution in [2.75, 3.05) is 12.4 Å². The first-order chi connectivity index (χ1) is 8.94. The fourth-order valence-electron chi connectivity index (χ4n) is 2.26. The van der Waals surface area contributed by atoms with Gasteiger partial charge in [0.25, 0.3) is 0 Å². The Labute approximate surface area is 117 Å². The van der Waals surface area contributed by atoms with Gasteiger partial charge in [0.15, 0.2) is 15.6 Å². The number of carbonyl (C=O) groups is 1. The Kier molecular flexibility index (Phi) is 4.43. The fraction of sp³-hybridized carbons (Fsp3) is 0.615. The summed E-state index contributed by atoms with van der Waals surface area (Å²) in [6, 6.07) is 3.60. The van der Waals surface area contributed by atoms with Gasteiger partial charge in [-0.15, -0.1) is 11.3 Å². The van der Waals surface area contributed by atoms with E-state index in [4.69, 9.17) is 4.74 Å². The standard InChI is InChI=1S/C13H18O4S2/c1-3-10-4-5-12(18-10)11(14)8-19(15,16)13-6-7-17-9(13)2/h4-5,9,13H,3,6-8H2,1-2H3. The molecule has 19 heavy (non-hydrogen) atoms. The summed E-state index contributed by atoms with van der Waals surface area (Å²) in [5, 5.41) is -0.540. The molecule has 1 aliphatic rings. The molecule has 0 radical (unpaired) electrons. The number of hydrogen-bond donors (Lipinski definition) is 0. The van der Waals surface area contributed by atoms with Crippen LogP contribution in [0.2, 0.25) is 0 Å². The summed E-state index contributed by atoms with van der Waals surface area (Å²) in [6.45, 7) is 4.21. The molecule has 0 saturated carbocycles. The monoisotopic (exact) mass is 302 g/mol. The molecule has 0 N–H and O–H groups in total. The minimum Gasteiger partial charge on any atom is -0.377 e. The molecule has 1 aromatic rings. The second-order valence-electron chi connectivity index (χ2n) is 4.75. The fourth-order valence-corrected chi connectivity index (χ4v) is 5.09. The molecule has 0 amide bonds. The van der Waals surface area contributed by atoms with Gasteiger partial charge in [0, 0.05) is 11.5 Å². The second-order valence-corrected chi connectivity index (χ2v) is 8.14. The van der Waals surface area contributed by atoms with Gasteiger partial charge in [-0.2, -0.15) is 0 Å². The van der Waals surface area contributed by atoms with Crippen LogP contribution in [0.15, 0.2) is 12.1 Å². The van der Waals surface area contributed by atoms with E-state index in [2.05, 4.69) is 0 Å². The van der Waals surface area contributed by atoms with Gasteiger partial charge in [-0.3, -0.25) is 4.79 Å². The number of Topliss-reactive ketones (excluding diaryl/α,β-unsaturated/α-hetero) is 1. The Bertz CT molecular complexity index is 559. The van der Waals surface area contributed by atoms with E-state index in [0.717, 1.165) is 11.3 Å². The molecule has 106 valence electrons. The first-order valence-electron chi connectivity index (χ1n) is 6.39. The Morgan fingerprint density at radius 1 is 1.47 bits per heavy atom. The van der Waals surface area contributed by atoms with Crippen molar-refractivity contribution in [1.29, 1.82) is 0 Å². The maximum atomic E-state index is 12.2. The van der Waals surface area contributed by atoms with Crippen LogP contribution in [0.3, 0.4) is 0 Å². The summed E-state index contributed by atoms with van der Waals surface area (Å²) in [6.07, 6.45) is 1.03. The van der Waals surface area contributed by atoms with E-state index in [-0.39, 0.29) is 11.9 Å². The Balaban J connectivity index is 2.09. The lowest BCUT2D eigenvalue weighted by Crippen LogP contribution is -2.32. The molecule has 1 saturated heterocycles. The number of carbonyl (C=O) groups excluding carboxylic acids is 1. The molecule has 2 rings (SSSR count). The second kappa shape index (κ2) is 5.73. The molecule has 1 aliphatic heterocycles. The summed E-state index contributed by atoms with van der Waals surface area (Å²) in [4.78, 5) is 13.7. The minimum absolute atomic E-state index is 0.302. The molecule has 4 nitrogen and oxygen atoms in total. The molecular formula is C13H18O4S2. The van der Waals surface area contributed by atoms with Gasteiger partial charge in [-0.1, -0.05) is 6.92 Å². The van der Waals surface area contributed by atoms with Crippen LogP contribution in [0.5, 0.6) is 0 Å². The van der Waals surface area contributed by atoms with Crippen molar-refractivity contribution in [3.63, 3.8) is 0 Å². The third-order valence-electron chi connectivity index (χ3n) is 3.39. The van der Waals surface area contributed by atoms with Crippen LogP contribution < -0.4 is 0 Å². The van der Waals surface area contributed by atoms with Crippen molar-refractivity contribution in [3.8, 4) is 0 Å². The molecule has 0 aliphatic carbocycles. The molecule has 1 fully saturated rings. The van der Waals surface area contributed by atoms with Crippen molar-refractivity contribution in [2.45, 2.75) is 38.0 Å². The Morgan fingerprint density at radius 2 is 2.21 bits per heavy atom. The normalized spacial score (nSPS) is 23.7. The number of aryl methyl sites for hydroxylation is 1. The summed E-state index contributed by atoms with van der Waals surface area (Å²) in [5.74, 6) is -0.710. The maximum Gasteiger partial charge on any atom is 0.187 e. The van der Waals surface area contributed by atoms with Crippen molar-refractivity contribution < 1.29 is 17.9 Å². The average molecular weight is 302 g/mol. The predicted octanol–water partition coefficient (Wildman–Crippen LogP) is 2.09. The number of thiophene rings is 1. The number of rotatable bonds is 5. The number of ether oxygens (including phenoxy) is 1. The van der Waals surface area contributed by atoms with Crippen LogP contribution >= 0.6 is 11.3 Å². The van der Waals surface area contributed by atoms with Gasteiger partial charge >= 0.3 is 0 Å². The first-order valence-corrected chi connectivity index (χ1v) is 8.92. The molecule has 0 bridgehead atoms. The molecule has 0 spiro atoms. The highest BCUT2D eigenvalue weighted by Gasteiger charge is 2.37. The SMILES string of the molecule is CCc1ccc(C(=O)CS(=O)(=O)C2CCOC2C)s1. The van der Waals surface area contributed by atoms with E-state index in [1.165, 1.54) is 11.3 Å². The van der Waals surface area contributed by atoms with Crippen LogP contribution in [0.1, 0.15) is 34.8 Å². The summed E-state index contributed by atoms with van der Waals surface area (Å²) >= 11 is 1.38. The van der Waals surface area contributed by atoms with Gasteiger partial charge < -0.3 is 4.74 Å². The van der Waals surface area contributed by atoms with Gasteiger partial charge in [0.05, 0.1) is 16.2 Å². The zero-order valence-electron chi connectivity index (χ0n) is 11.1. The van der Waals surface area contributed by atoms with Gasteiger partial charge in [-0.05, 0) is 31.9 Å². The maximum absolute atomic E-state index is 12.2. The molecule has 0 aromatic carbocycles. The molecular weight excluding hydrogens is 284 g/mol. The molecule has 6 heteroatoms. The third-order valence-corrected chi connectivity index (χ3v) is 6.86. The molecule has 2 unspecified atom stereocenters. The van der Waals surface area contributed by atoms with Crippen molar-refractivity contribution in [1.82, 2.24) is 0 Å². The van der Waals surface area contributed by atoms with Crippen LogP contribution in [0.4, 0.5) is 0 Å². The number of ketones is 1. The lowest BCUT2D eigenvalue weighted by Gasteiger charge is -2.13. The van der Waals surface area contributed by atoms with Crippen LogP contribution in [0, 0.1) is 0 Å². The molecule has 2 atom stereocenters. The van der Waals surface area contributed by atoms with Gasteiger partial charge in [0.1, 0.15) is 5.75 Å².